The number of rotatable bonds is 5. The molecule has 3 aromatic rings. The van der Waals surface area contributed by atoms with E-state index >= 15 is 0 Å². The van der Waals surface area contributed by atoms with Crippen molar-refractivity contribution in [1.29, 1.82) is 0 Å². The van der Waals surface area contributed by atoms with E-state index in [0.717, 1.165) is 16.8 Å². The molecule has 6 nitrogen and oxygen atoms in total. The predicted octanol–water partition coefficient (Wildman–Crippen LogP) is 3.35. The highest BCUT2D eigenvalue weighted by atomic mass is 19.1. The number of fused-ring (bicyclic) bond motifs is 1. The molecule has 0 aromatic carbocycles. The highest BCUT2D eigenvalue weighted by Crippen LogP contribution is 2.30. The van der Waals surface area contributed by atoms with Crippen molar-refractivity contribution in [2.24, 2.45) is 5.73 Å². The summed E-state index contributed by atoms with van der Waals surface area (Å²) in [6.07, 6.45) is 4.99. The number of aromatic nitrogens is 3. The van der Waals surface area contributed by atoms with Gasteiger partial charge in [-0.1, -0.05) is 0 Å². The predicted molar refractivity (Wildman–Crippen MR) is 99.9 cm³/mol. The fourth-order valence-electron chi connectivity index (χ4n) is 2.67. The fraction of sp³-hybridized carbons (Fsp3) is 0.316. The maximum atomic E-state index is 14.3. The third-order valence-corrected chi connectivity index (χ3v) is 4.52. The molecule has 0 aliphatic carbocycles. The number of carbonyl (C=O) groups is 1. The van der Waals surface area contributed by atoms with Crippen molar-refractivity contribution in [3.63, 3.8) is 0 Å². The van der Waals surface area contributed by atoms with Crippen molar-refractivity contribution >= 4 is 17.1 Å². The van der Waals surface area contributed by atoms with E-state index in [4.69, 9.17) is 5.73 Å². The molecule has 3 aromatic heterocycles. The van der Waals surface area contributed by atoms with E-state index in [1.807, 2.05) is 31.3 Å². The Kier molecular flexibility index (Phi) is 4.39. The van der Waals surface area contributed by atoms with Crippen LogP contribution in [-0.4, -0.2) is 32.2 Å². The van der Waals surface area contributed by atoms with Gasteiger partial charge in [0, 0.05) is 23.7 Å². The summed E-state index contributed by atoms with van der Waals surface area (Å²) in [6.45, 7) is 6.60. The normalized spacial score (nSPS) is 13.0. The molecule has 0 unspecified atom stereocenters. The van der Waals surface area contributed by atoms with Crippen molar-refractivity contribution in [3.8, 4) is 11.1 Å². The fourth-order valence-corrected chi connectivity index (χ4v) is 2.67. The molecule has 0 spiro atoms. The minimum absolute atomic E-state index is 0.226. The molecule has 1 atom stereocenters. The van der Waals surface area contributed by atoms with E-state index in [9.17, 15) is 9.18 Å². The summed E-state index contributed by atoms with van der Waals surface area (Å²) in [5, 5.41) is 7.37. The molecule has 0 saturated heterocycles. The zero-order valence-corrected chi connectivity index (χ0v) is 15.2. The van der Waals surface area contributed by atoms with Crippen molar-refractivity contribution in [1.82, 2.24) is 14.6 Å². The van der Waals surface area contributed by atoms with Crippen LogP contribution in [0, 0.1) is 6.92 Å². The maximum Gasteiger partial charge on any atom is 0.252 e. The minimum atomic E-state index is -1.48. The quantitative estimate of drug-likeness (QED) is 0.735. The number of carbonyl (C=O) groups excluding carboxylic acids is 1. The monoisotopic (exact) mass is 355 g/mol. The molecule has 1 amide bonds. The summed E-state index contributed by atoms with van der Waals surface area (Å²) in [6, 6.07) is 5.23. The number of nitrogens with one attached hydrogen (secondary N) is 1. The lowest BCUT2D eigenvalue weighted by Crippen LogP contribution is -2.36. The lowest BCUT2D eigenvalue weighted by Gasteiger charge is -2.26. The second-order valence-corrected chi connectivity index (χ2v) is 6.97. The van der Waals surface area contributed by atoms with Crippen LogP contribution in [0.4, 0.5) is 10.1 Å². The Balaban J connectivity index is 2.16. The number of hydrogen-bond acceptors (Lipinski definition) is 4. The summed E-state index contributed by atoms with van der Waals surface area (Å²) in [5.74, 6) is -0.617. The van der Waals surface area contributed by atoms with E-state index in [-0.39, 0.29) is 5.56 Å². The van der Waals surface area contributed by atoms with Crippen LogP contribution in [0.5, 0.6) is 0 Å². The zero-order chi connectivity index (χ0) is 19.1. The van der Waals surface area contributed by atoms with Crippen LogP contribution in [0.1, 0.15) is 36.8 Å². The number of alkyl halides is 1. The summed E-state index contributed by atoms with van der Waals surface area (Å²) in [7, 11) is 0. The molecule has 3 heterocycles. The first kappa shape index (κ1) is 17.8. The van der Waals surface area contributed by atoms with Gasteiger partial charge in [0.2, 0.25) is 0 Å². The topological polar surface area (TPSA) is 85.3 Å². The lowest BCUT2D eigenvalue weighted by molar-refractivity contribution is 0.1000. The first-order chi connectivity index (χ1) is 12.2. The van der Waals surface area contributed by atoms with Gasteiger partial charge in [0.15, 0.2) is 0 Å². The third kappa shape index (κ3) is 3.37. The number of nitrogens with two attached hydrogens (primary N) is 1. The van der Waals surface area contributed by atoms with E-state index in [1.54, 1.807) is 17.6 Å². The van der Waals surface area contributed by atoms with Crippen LogP contribution in [0.3, 0.4) is 0 Å². The second kappa shape index (κ2) is 6.40. The van der Waals surface area contributed by atoms with E-state index < -0.39 is 17.6 Å². The third-order valence-electron chi connectivity index (χ3n) is 4.52. The van der Waals surface area contributed by atoms with Crippen LogP contribution < -0.4 is 11.1 Å². The van der Waals surface area contributed by atoms with Crippen molar-refractivity contribution < 1.29 is 9.18 Å². The van der Waals surface area contributed by atoms with E-state index in [0.29, 0.717) is 11.2 Å². The van der Waals surface area contributed by atoms with Gasteiger partial charge in [-0.15, -0.1) is 0 Å². The molecule has 0 fully saturated rings. The average Bonchev–Trinajstić information content (AvgIpc) is 2.98. The summed E-state index contributed by atoms with van der Waals surface area (Å²) < 4.78 is 16.0. The number of amides is 1. The van der Waals surface area contributed by atoms with E-state index in [2.05, 4.69) is 15.4 Å². The standard InChI is InChI=1S/C19H22FN5O/c1-11-7-13(5-6-22-11)14-8-16-17(24-12(2)19(3,4)20)15(18(21)26)9-23-25(16)10-14/h5-10,12,24H,1-4H3,(H2,21,26)/t12-/m1/s1. The molecule has 3 rings (SSSR count). The average molecular weight is 355 g/mol. The molecule has 0 aliphatic rings. The highest BCUT2D eigenvalue weighted by molar-refractivity contribution is 6.02. The largest absolute Gasteiger partial charge is 0.377 e. The van der Waals surface area contributed by atoms with E-state index in [1.165, 1.54) is 20.0 Å². The maximum absolute atomic E-state index is 14.3. The second-order valence-electron chi connectivity index (χ2n) is 6.97. The Hall–Kier alpha value is -2.96. The highest BCUT2D eigenvalue weighted by Gasteiger charge is 2.27. The number of halogens is 1. The number of hydrogen-bond donors (Lipinski definition) is 2. The van der Waals surface area contributed by atoms with Gasteiger partial charge in [-0.3, -0.25) is 9.78 Å². The first-order valence-corrected chi connectivity index (χ1v) is 8.36. The Morgan fingerprint density at radius 1 is 1.35 bits per heavy atom. The van der Waals surface area contributed by atoms with Crippen LogP contribution >= 0.6 is 0 Å². The summed E-state index contributed by atoms with van der Waals surface area (Å²) in [4.78, 5) is 16.1. The number of anilines is 1. The molecule has 3 N–H and O–H groups in total. The van der Waals surface area contributed by atoms with Crippen LogP contribution in [0.25, 0.3) is 16.6 Å². The van der Waals surface area contributed by atoms with Gasteiger partial charge in [0.1, 0.15) is 5.67 Å². The lowest BCUT2D eigenvalue weighted by atomic mass is 10.0. The first-order valence-electron chi connectivity index (χ1n) is 8.36. The van der Waals surface area contributed by atoms with Gasteiger partial charge in [-0.05, 0) is 51.5 Å². The van der Waals surface area contributed by atoms with Crippen molar-refractivity contribution in [2.45, 2.75) is 39.4 Å². The van der Waals surface area contributed by atoms with Crippen molar-refractivity contribution in [2.75, 3.05) is 5.32 Å². The summed E-state index contributed by atoms with van der Waals surface area (Å²) >= 11 is 0. The Bertz CT molecular complexity index is 974. The van der Waals surface area contributed by atoms with Gasteiger partial charge < -0.3 is 11.1 Å². The Morgan fingerprint density at radius 2 is 2.08 bits per heavy atom. The number of aryl methyl sites for hydroxylation is 1. The SMILES string of the molecule is Cc1cc(-c2cc3c(N[C@H](C)C(C)(C)F)c(C(N)=O)cnn3c2)ccn1. The van der Waals surface area contributed by atoms with Gasteiger partial charge in [-0.2, -0.15) is 5.10 Å². The molecule has 0 bridgehead atoms. The summed E-state index contributed by atoms with van der Waals surface area (Å²) in [5.41, 5.74) is 8.17. The minimum Gasteiger partial charge on any atom is -0.377 e. The molecular weight excluding hydrogens is 333 g/mol. The number of primary amides is 1. The molecule has 7 heteroatoms. The van der Waals surface area contributed by atoms with Crippen LogP contribution in [0.2, 0.25) is 0 Å². The van der Waals surface area contributed by atoms with Gasteiger partial charge in [0.05, 0.1) is 29.0 Å². The zero-order valence-electron chi connectivity index (χ0n) is 15.2. The Morgan fingerprint density at radius 3 is 2.69 bits per heavy atom. The van der Waals surface area contributed by atoms with Gasteiger partial charge in [-0.25, -0.2) is 8.91 Å². The number of nitrogens with zero attached hydrogens (tertiary/aromatic N) is 3. The van der Waals surface area contributed by atoms with Gasteiger partial charge >= 0.3 is 0 Å². The molecule has 0 saturated carbocycles. The van der Waals surface area contributed by atoms with Gasteiger partial charge in [0.25, 0.3) is 5.91 Å². The molecule has 0 radical (unpaired) electrons. The Labute approximate surface area is 151 Å². The van der Waals surface area contributed by atoms with Crippen molar-refractivity contribution in [3.05, 3.63) is 48.0 Å². The van der Waals surface area contributed by atoms with Crippen LogP contribution in [0.15, 0.2) is 36.8 Å². The molecule has 26 heavy (non-hydrogen) atoms. The smallest absolute Gasteiger partial charge is 0.252 e. The molecule has 136 valence electrons. The molecular formula is C19H22FN5O. The number of pyridine rings is 1. The molecule has 0 aliphatic heterocycles. The van der Waals surface area contributed by atoms with Crippen LogP contribution in [-0.2, 0) is 0 Å².